The van der Waals surface area contributed by atoms with Gasteiger partial charge in [-0.2, -0.15) is 4.98 Å². The number of benzene rings is 2. The van der Waals surface area contributed by atoms with E-state index in [1.165, 1.54) is 18.2 Å². The number of anilines is 1. The molecule has 4 bridgehead atoms. The van der Waals surface area contributed by atoms with Crippen LogP contribution in [0.4, 0.5) is 5.95 Å². The number of nitrogens with two attached hydrogens (primary N) is 1. The van der Waals surface area contributed by atoms with Gasteiger partial charge in [-0.15, -0.1) is 0 Å². The molecule has 220 valence electrons. The maximum Gasteiger partial charge on any atom is 0.264 e. The van der Waals surface area contributed by atoms with Crippen LogP contribution in [0.1, 0.15) is 53.6 Å². The number of fused-ring (bicyclic) bond motifs is 4. The minimum Gasteiger partial charge on any atom is -0.451 e. The fourth-order valence-corrected chi connectivity index (χ4v) is 7.16. The normalized spacial score (nSPS) is 22.7. The molecule has 11 nitrogen and oxygen atoms in total. The van der Waals surface area contributed by atoms with Crippen molar-refractivity contribution in [3.8, 4) is 17.1 Å². The average Bonchev–Trinajstić information content (AvgIpc) is 3.38. The molecule has 1 spiro atoms. The molecule has 6 rings (SSSR count). The highest BCUT2D eigenvalue weighted by molar-refractivity contribution is 7.92. The molecule has 1 saturated carbocycles. The SMILES string of the molecule is Cc1cccc(C)c1-c1cc2nc(n1)NS(=O)(=O)c1cccc(c1)C(=O)NC1(CCN(C(=O)[C@H]3CC[C@@H](N)C3)CC1)O2. The van der Waals surface area contributed by atoms with Gasteiger partial charge in [-0.1, -0.05) is 24.3 Å². The van der Waals surface area contributed by atoms with Crippen LogP contribution in [0, 0.1) is 19.8 Å². The molecule has 2 fully saturated rings. The Labute approximate surface area is 244 Å². The van der Waals surface area contributed by atoms with Gasteiger partial charge in [0.05, 0.1) is 10.6 Å². The van der Waals surface area contributed by atoms with Crippen LogP contribution in [0.25, 0.3) is 11.3 Å². The second-order valence-corrected chi connectivity index (χ2v) is 13.1. The topological polar surface area (TPSA) is 157 Å². The maximum atomic E-state index is 13.5. The van der Waals surface area contributed by atoms with Gasteiger partial charge in [0.15, 0.2) is 5.72 Å². The van der Waals surface area contributed by atoms with Crippen LogP contribution in [-0.4, -0.2) is 60.0 Å². The number of ether oxygens (including phenoxy) is 1. The maximum absolute atomic E-state index is 13.5. The molecule has 3 heterocycles. The number of likely N-dealkylation sites (tertiary alicyclic amines) is 1. The largest absolute Gasteiger partial charge is 0.451 e. The lowest BCUT2D eigenvalue weighted by Crippen LogP contribution is -2.60. The minimum atomic E-state index is -4.12. The van der Waals surface area contributed by atoms with E-state index < -0.39 is 21.7 Å². The number of carbonyl (C=O) groups excluding carboxylic acids is 2. The molecule has 2 aliphatic heterocycles. The Bertz CT molecular complexity index is 1650. The second-order valence-electron chi connectivity index (χ2n) is 11.5. The third-order valence-corrected chi connectivity index (χ3v) is 9.74. The zero-order valence-electron chi connectivity index (χ0n) is 23.6. The van der Waals surface area contributed by atoms with Crippen molar-refractivity contribution in [2.45, 2.75) is 62.6 Å². The number of hydrogen-bond acceptors (Lipinski definition) is 8. The summed E-state index contributed by atoms with van der Waals surface area (Å²) in [6, 6.07) is 13.3. The zero-order chi connectivity index (χ0) is 29.6. The summed E-state index contributed by atoms with van der Waals surface area (Å²) in [5.41, 5.74) is 8.23. The van der Waals surface area contributed by atoms with E-state index in [4.69, 9.17) is 10.5 Å². The highest BCUT2D eigenvalue weighted by Crippen LogP contribution is 2.34. The molecular weight excluding hydrogens is 556 g/mol. The van der Waals surface area contributed by atoms with Gasteiger partial charge in [-0.3, -0.25) is 9.59 Å². The van der Waals surface area contributed by atoms with Gasteiger partial charge < -0.3 is 20.7 Å². The van der Waals surface area contributed by atoms with Crippen molar-refractivity contribution >= 4 is 27.8 Å². The Hall–Kier alpha value is -4.03. The summed E-state index contributed by atoms with van der Waals surface area (Å²) < 4.78 is 35.6. The van der Waals surface area contributed by atoms with Crippen LogP contribution in [0.3, 0.4) is 0 Å². The molecule has 4 N–H and O–H groups in total. The van der Waals surface area contributed by atoms with Gasteiger partial charge in [0.1, 0.15) is 0 Å². The first-order valence-electron chi connectivity index (χ1n) is 14.2. The third-order valence-electron chi connectivity index (χ3n) is 8.42. The highest BCUT2D eigenvalue weighted by Gasteiger charge is 2.42. The first-order valence-corrected chi connectivity index (χ1v) is 15.6. The van der Waals surface area contributed by atoms with Gasteiger partial charge in [-0.05, 0) is 62.4 Å². The average molecular weight is 591 g/mol. The number of sulfonamides is 1. The first kappa shape index (κ1) is 28.1. The van der Waals surface area contributed by atoms with Crippen LogP contribution in [-0.2, 0) is 14.8 Å². The van der Waals surface area contributed by atoms with E-state index in [0.717, 1.165) is 29.5 Å². The van der Waals surface area contributed by atoms with Gasteiger partial charge in [0.2, 0.25) is 17.7 Å². The lowest BCUT2D eigenvalue weighted by Gasteiger charge is -2.42. The van der Waals surface area contributed by atoms with Gasteiger partial charge >= 0.3 is 0 Å². The Balaban J connectivity index is 1.40. The molecule has 42 heavy (non-hydrogen) atoms. The lowest BCUT2D eigenvalue weighted by molar-refractivity contribution is -0.139. The third kappa shape index (κ3) is 5.43. The van der Waals surface area contributed by atoms with E-state index >= 15 is 0 Å². The zero-order valence-corrected chi connectivity index (χ0v) is 24.4. The molecule has 1 saturated heterocycles. The number of hydrogen-bond donors (Lipinski definition) is 3. The number of aromatic nitrogens is 2. The summed E-state index contributed by atoms with van der Waals surface area (Å²) >= 11 is 0. The van der Waals surface area contributed by atoms with E-state index in [2.05, 4.69) is 20.0 Å². The van der Waals surface area contributed by atoms with E-state index in [9.17, 15) is 18.0 Å². The number of nitrogens with zero attached hydrogens (tertiary/aromatic N) is 3. The van der Waals surface area contributed by atoms with Crippen LogP contribution >= 0.6 is 0 Å². The predicted molar refractivity (Wildman–Crippen MR) is 156 cm³/mol. The molecule has 0 unspecified atom stereocenters. The van der Waals surface area contributed by atoms with Crippen molar-refractivity contribution in [2.24, 2.45) is 11.7 Å². The van der Waals surface area contributed by atoms with Crippen molar-refractivity contribution in [1.82, 2.24) is 20.2 Å². The Morgan fingerprint density at radius 3 is 2.45 bits per heavy atom. The van der Waals surface area contributed by atoms with Gasteiger partial charge in [0.25, 0.3) is 15.9 Å². The summed E-state index contributed by atoms with van der Waals surface area (Å²) in [6.07, 6.45) is 2.94. The summed E-state index contributed by atoms with van der Waals surface area (Å²) in [4.78, 5) is 37.4. The molecule has 2 aromatic carbocycles. The number of rotatable bonds is 2. The first-order chi connectivity index (χ1) is 20.0. The Kier molecular flexibility index (Phi) is 7.14. The Morgan fingerprint density at radius 2 is 1.76 bits per heavy atom. The van der Waals surface area contributed by atoms with E-state index in [-0.39, 0.29) is 40.2 Å². The van der Waals surface area contributed by atoms with Crippen molar-refractivity contribution in [3.05, 3.63) is 65.2 Å². The lowest BCUT2D eigenvalue weighted by atomic mass is 9.96. The monoisotopic (exact) mass is 590 g/mol. The molecule has 3 aliphatic rings. The summed E-state index contributed by atoms with van der Waals surface area (Å²) in [5, 5.41) is 3.02. The van der Waals surface area contributed by atoms with Crippen molar-refractivity contribution in [3.63, 3.8) is 0 Å². The van der Waals surface area contributed by atoms with Crippen LogP contribution in [0.2, 0.25) is 0 Å². The van der Waals surface area contributed by atoms with Gasteiger partial charge in [0, 0.05) is 55.1 Å². The quantitative estimate of drug-likeness (QED) is 0.411. The molecule has 1 aromatic heterocycles. The number of carbonyl (C=O) groups is 2. The summed E-state index contributed by atoms with van der Waals surface area (Å²) in [7, 11) is -4.12. The molecule has 2 atom stereocenters. The van der Waals surface area contributed by atoms with Crippen molar-refractivity contribution < 1.29 is 22.7 Å². The standard InChI is InChI=1S/C30H34N6O5S/c1-18-5-3-6-19(2)26(18)24-17-25-33-29(32-24)35-42(39,40)23-8-4-7-20(16-23)27(37)34-30(41-25)11-13-36(14-12-30)28(38)21-9-10-22(31)15-21/h3-8,16-17,21-22H,9-15,31H2,1-2H3,(H,34,37)(H,32,33,35)/t21-,22+/m0/s1. The highest BCUT2D eigenvalue weighted by atomic mass is 32.2. The summed E-state index contributed by atoms with van der Waals surface area (Å²) in [5.74, 6) is -0.533. The van der Waals surface area contributed by atoms with E-state index in [0.29, 0.717) is 38.0 Å². The van der Waals surface area contributed by atoms with E-state index in [1.807, 2.05) is 36.9 Å². The molecule has 1 aliphatic carbocycles. The van der Waals surface area contributed by atoms with E-state index in [1.54, 1.807) is 12.1 Å². The number of aryl methyl sites for hydroxylation is 2. The smallest absolute Gasteiger partial charge is 0.264 e. The molecule has 3 aromatic rings. The van der Waals surface area contributed by atoms with Crippen LogP contribution in [0.15, 0.2) is 53.4 Å². The molecule has 12 heteroatoms. The predicted octanol–water partition coefficient (Wildman–Crippen LogP) is 3.13. The van der Waals surface area contributed by atoms with Gasteiger partial charge in [-0.25, -0.2) is 18.1 Å². The second kappa shape index (κ2) is 10.7. The Morgan fingerprint density at radius 1 is 1.05 bits per heavy atom. The number of nitrogens with one attached hydrogen (secondary N) is 2. The van der Waals surface area contributed by atoms with Crippen molar-refractivity contribution in [1.29, 1.82) is 0 Å². The number of piperidine rings is 1. The minimum absolute atomic E-state index is 0.0512. The van der Waals surface area contributed by atoms with Crippen LogP contribution < -0.4 is 20.5 Å². The summed E-state index contributed by atoms with van der Waals surface area (Å²) in [6.45, 7) is 4.65. The molecular formula is C30H34N6O5S. The fraction of sp³-hybridized carbons (Fsp3) is 0.400. The fourth-order valence-electron chi connectivity index (χ4n) is 6.17. The number of amides is 2. The molecule has 2 amide bonds. The molecule has 0 radical (unpaired) electrons. The van der Waals surface area contributed by atoms with Crippen molar-refractivity contribution in [2.75, 3.05) is 17.8 Å². The van der Waals surface area contributed by atoms with Crippen LogP contribution in [0.5, 0.6) is 5.88 Å².